The molecule has 15 heavy (non-hydrogen) atoms. The normalized spacial score (nSPS) is 11.4. The number of carboxylic acid groups (broad SMARTS) is 1. The van der Waals surface area contributed by atoms with Crippen LogP contribution < -0.4 is 5.32 Å². The van der Waals surface area contributed by atoms with E-state index in [0.29, 0.717) is 13.1 Å². The first-order valence-electron chi connectivity index (χ1n) is 4.69. The topological polar surface area (TPSA) is 62.2 Å². The molecule has 0 aliphatic heterocycles. The Labute approximate surface area is 88.7 Å². The van der Waals surface area contributed by atoms with Crippen molar-refractivity contribution in [1.29, 1.82) is 0 Å². The number of aromatic nitrogens is 1. The second kappa shape index (κ2) is 5.93. The third kappa shape index (κ3) is 4.93. The van der Waals surface area contributed by atoms with Crippen molar-refractivity contribution >= 4 is 5.97 Å². The van der Waals surface area contributed by atoms with Crippen LogP contribution >= 0.6 is 0 Å². The first kappa shape index (κ1) is 11.4. The zero-order chi connectivity index (χ0) is 11.1. The highest BCUT2D eigenvalue weighted by molar-refractivity contribution is 5.80. The molecular weight excluding hydrogens is 192 g/mol. The van der Waals surface area contributed by atoms with Crippen molar-refractivity contribution in [3.63, 3.8) is 0 Å². The molecule has 0 atom stereocenters. The predicted octanol–water partition coefficient (Wildman–Crippen LogP) is 1.20. The molecule has 1 heterocycles. The molecule has 0 fully saturated rings. The van der Waals surface area contributed by atoms with Gasteiger partial charge >= 0.3 is 5.97 Å². The lowest BCUT2D eigenvalue weighted by molar-refractivity contribution is -0.131. The van der Waals surface area contributed by atoms with Crippen molar-refractivity contribution in [3.05, 3.63) is 41.7 Å². The van der Waals surface area contributed by atoms with Gasteiger partial charge in [-0.05, 0) is 19.1 Å². The van der Waals surface area contributed by atoms with Crippen LogP contribution in [0.5, 0.6) is 0 Å². The van der Waals surface area contributed by atoms with E-state index < -0.39 is 5.97 Å². The lowest BCUT2D eigenvalue weighted by atomic mass is 10.2. The van der Waals surface area contributed by atoms with Crippen LogP contribution in [0, 0.1) is 0 Å². The third-order valence-electron chi connectivity index (χ3n) is 1.81. The molecule has 1 aromatic rings. The van der Waals surface area contributed by atoms with Crippen molar-refractivity contribution < 1.29 is 9.90 Å². The SMILES string of the molecule is C/C(=C/C(=O)O)CNCc1ccccn1. The summed E-state index contributed by atoms with van der Waals surface area (Å²) in [7, 11) is 0. The Morgan fingerprint density at radius 2 is 2.40 bits per heavy atom. The van der Waals surface area contributed by atoms with Gasteiger partial charge < -0.3 is 10.4 Å². The Morgan fingerprint density at radius 3 is 3.00 bits per heavy atom. The van der Waals surface area contributed by atoms with Crippen molar-refractivity contribution in [2.45, 2.75) is 13.5 Å². The fraction of sp³-hybridized carbons (Fsp3) is 0.273. The van der Waals surface area contributed by atoms with Gasteiger partial charge in [-0.15, -0.1) is 0 Å². The molecule has 1 aromatic heterocycles. The van der Waals surface area contributed by atoms with E-state index in [9.17, 15) is 4.79 Å². The number of nitrogens with one attached hydrogen (secondary N) is 1. The van der Waals surface area contributed by atoms with Crippen LogP contribution in [-0.4, -0.2) is 22.6 Å². The van der Waals surface area contributed by atoms with Gasteiger partial charge in [0, 0.05) is 25.4 Å². The number of rotatable bonds is 5. The maximum atomic E-state index is 10.3. The van der Waals surface area contributed by atoms with E-state index in [0.717, 1.165) is 11.3 Å². The highest BCUT2D eigenvalue weighted by Gasteiger charge is 1.95. The van der Waals surface area contributed by atoms with Gasteiger partial charge in [-0.2, -0.15) is 0 Å². The number of carboxylic acids is 1. The van der Waals surface area contributed by atoms with Crippen LogP contribution in [0.25, 0.3) is 0 Å². The molecule has 4 nitrogen and oxygen atoms in total. The Balaban J connectivity index is 2.31. The third-order valence-corrected chi connectivity index (χ3v) is 1.81. The predicted molar refractivity (Wildman–Crippen MR) is 57.3 cm³/mol. The second-order valence-corrected chi connectivity index (χ2v) is 3.25. The molecule has 0 bridgehead atoms. The molecule has 0 radical (unpaired) electrons. The first-order valence-corrected chi connectivity index (χ1v) is 4.69. The average Bonchev–Trinajstić information content (AvgIpc) is 2.18. The minimum absolute atomic E-state index is 0.558. The highest BCUT2D eigenvalue weighted by Crippen LogP contribution is 1.94. The summed E-state index contributed by atoms with van der Waals surface area (Å²) in [6, 6.07) is 5.70. The van der Waals surface area contributed by atoms with Crippen LogP contribution in [-0.2, 0) is 11.3 Å². The quantitative estimate of drug-likeness (QED) is 0.711. The summed E-state index contributed by atoms with van der Waals surface area (Å²) in [5.41, 5.74) is 1.74. The lowest BCUT2D eigenvalue weighted by Crippen LogP contribution is -2.16. The minimum Gasteiger partial charge on any atom is -0.478 e. The molecular formula is C11H14N2O2. The fourth-order valence-electron chi connectivity index (χ4n) is 1.15. The zero-order valence-electron chi connectivity index (χ0n) is 8.60. The van der Waals surface area contributed by atoms with E-state index in [1.165, 1.54) is 6.08 Å². The monoisotopic (exact) mass is 206 g/mol. The molecule has 0 aliphatic carbocycles. The molecule has 0 saturated carbocycles. The molecule has 2 N–H and O–H groups in total. The maximum absolute atomic E-state index is 10.3. The lowest BCUT2D eigenvalue weighted by Gasteiger charge is -2.03. The Morgan fingerprint density at radius 1 is 1.60 bits per heavy atom. The molecule has 80 valence electrons. The molecule has 0 unspecified atom stereocenters. The van der Waals surface area contributed by atoms with Gasteiger partial charge in [0.25, 0.3) is 0 Å². The van der Waals surface area contributed by atoms with Gasteiger partial charge in [0.05, 0.1) is 5.69 Å². The van der Waals surface area contributed by atoms with Crippen molar-refractivity contribution in [2.75, 3.05) is 6.54 Å². The van der Waals surface area contributed by atoms with Crippen molar-refractivity contribution in [2.24, 2.45) is 0 Å². The van der Waals surface area contributed by atoms with E-state index in [1.807, 2.05) is 18.2 Å². The number of pyridine rings is 1. The molecule has 0 aliphatic rings. The zero-order valence-corrected chi connectivity index (χ0v) is 8.60. The molecule has 0 spiro atoms. The van der Waals surface area contributed by atoms with Gasteiger partial charge in [0.1, 0.15) is 0 Å². The van der Waals surface area contributed by atoms with E-state index in [1.54, 1.807) is 13.1 Å². The summed E-state index contributed by atoms with van der Waals surface area (Å²) in [4.78, 5) is 14.5. The van der Waals surface area contributed by atoms with E-state index >= 15 is 0 Å². The van der Waals surface area contributed by atoms with Crippen LogP contribution in [0.15, 0.2) is 36.0 Å². The Hall–Kier alpha value is -1.68. The van der Waals surface area contributed by atoms with E-state index in [4.69, 9.17) is 5.11 Å². The van der Waals surface area contributed by atoms with Gasteiger partial charge in [-0.3, -0.25) is 4.98 Å². The Kier molecular flexibility index (Phi) is 4.50. The van der Waals surface area contributed by atoms with Crippen LogP contribution in [0.4, 0.5) is 0 Å². The first-order chi connectivity index (χ1) is 7.18. The van der Waals surface area contributed by atoms with Gasteiger partial charge in [0.15, 0.2) is 0 Å². The number of nitrogens with zero attached hydrogens (tertiary/aromatic N) is 1. The summed E-state index contributed by atoms with van der Waals surface area (Å²) in [5, 5.41) is 11.6. The largest absolute Gasteiger partial charge is 0.478 e. The number of carbonyl (C=O) groups is 1. The van der Waals surface area contributed by atoms with Crippen molar-refractivity contribution in [3.8, 4) is 0 Å². The summed E-state index contributed by atoms with van der Waals surface area (Å²) in [6.07, 6.45) is 2.93. The van der Waals surface area contributed by atoms with Gasteiger partial charge in [0.2, 0.25) is 0 Å². The van der Waals surface area contributed by atoms with E-state index in [2.05, 4.69) is 10.3 Å². The van der Waals surface area contributed by atoms with Crippen LogP contribution in [0.3, 0.4) is 0 Å². The smallest absolute Gasteiger partial charge is 0.328 e. The van der Waals surface area contributed by atoms with Crippen LogP contribution in [0.2, 0.25) is 0 Å². The van der Waals surface area contributed by atoms with Crippen LogP contribution in [0.1, 0.15) is 12.6 Å². The Bertz CT molecular complexity index is 347. The van der Waals surface area contributed by atoms with Crippen molar-refractivity contribution in [1.82, 2.24) is 10.3 Å². The van der Waals surface area contributed by atoms with Gasteiger partial charge in [-0.25, -0.2) is 4.79 Å². The fourth-order valence-corrected chi connectivity index (χ4v) is 1.15. The molecule has 0 amide bonds. The highest BCUT2D eigenvalue weighted by atomic mass is 16.4. The average molecular weight is 206 g/mol. The summed E-state index contributed by atoms with van der Waals surface area (Å²) >= 11 is 0. The summed E-state index contributed by atoms with van der Waals surface area (Å²) in [6.45, 7) is 2.98. The summed E-state index contributed by atoms with van der Waals surface area (Å²) in [5.74, 6) is -0.910. The number of hydrogen-bond donors (Lipinski definition) is 2. The van der Waals surface area contributed by atoms with E-state index in [-0.39, 0.29) is 0 Å². The number of aliphatic carboxylic acids is 1. The molecule has 1 rings (SSSR count). The molecule has 4 heteroatoms. The number of hydrogen-bond acceptors (Lipinski definition) is 3. The molecule has 0 saturated heterocycles. The molecule has 0 aromatic carbocycles. The summed E-state index contributed by atoms with van der Waals surface area (Å²) < 4.78 is 0. The second-order valence-electron chi connectivity index (χ2n) is 3.25. The standard InChI is InChI=1S/C11H14N2O2/c1-9(6-11(14)15)7-12-8-10-4-2-3-5-13-10/h2-6,12H,7-8H2,1H3,(H,14,15)/b9-6-. The maximum Gasteiger partial charge on any atom is 0.328 e. The minimum atomic E-state index is -0.910. The van der Waals surface area contributed by atoms with Gasteiger partial charge in [-0.1, -0.05) is 11.6 Å².